The molecule has 0 atom stereocenters. The Bertz CT molecular complexity index is 955. The van der Waals surface area contributed by atoms with Gasteiger partial charge in [0.2, 0.25) is 5.76 Å². The van der Waals surface area contributed by atoms with Crippen LogP contribution in [0.5, 0.6) is 0 Å². The van der Waals surface area contributed by atoms with E-state index >= 15 is 0 Å². The number of carbonyl (C=O) groups is 2. The fourth-order valence-electron chi connectivity index (χ4n) is 2.51. The summed E-state index contributed by atoms with van der Waals surface area (Å²) < 4.78 is 23.7. The number of thioether (sulfide) groups is 1. The number of ether oxygens (including phenoxy) is 1. The van der Waals surface area contributed by atoms with Crippen LogP contribution in [-0.4, -0.2) is 30.8 Å². The molecular formula is C20H18FNO4S. The van der Waals surface area contributed by atoms with Crippen LogP contribution in [0.3, 0.4) is 0 Å². The van der Waals surface area contributed by atoms with Gasteiger partial charge in [-0.05, 0) is 37.3 Å². The van der Waals surface area contributed by atoms with Crippen LogP contribution in [0.4, 0.5) is 4.39 Å². The molecule has 1 heterocycles. The molecule has 0 aliphatic rings. The number of aryl methyl sites for hydroxylation is 1. The van der Waals surface area contributed by atoms with Crippen molar-refractivity contribution < 1.29 is 23.1 Å². The number of carbonyl (C=O) groups excluding carboxylic acids is 2. The van der Waals surface area contributed by atoms with Crippen molar-refractivity contribution in [3.05, 3.63) is 65.7 Å². The molecule has 5 nitrogen and oxygen atoms in total. The third kappa shape index (κ3) is 4.89. The summed E-state index contributed by atoms with van der Waals surface area (Å²) >= 11 is 1.62. The average Bonchev–Trinajstić information content (AvgIpc) is 3.00. The second-order valence-corrected chi connectivity index (χ2v) is 6.95. The summed E-state index contributed by atoms with van der Waals surface area (Å²) in [6, 6.07) is 13.8. The molecule has 1 N–H and O–H groups in total. The number of benzene rings is 2. The lowest BCUT2D eigenvalue weighted by Crippen LogP contribution is -2.30. The molecule has 0 radical (unpaired) electrons. The molecule has 0 aliphatic carbocycles. The van der Waals surface area contributed by atoms with Gasteiger partial charge in [0.15, 0.2) is 6.61 Å². The highest BCUT2D eigenvalue weighted by molar-refractivity contribution is 7.99. The third-order valence-electron chi connectivity index (χ3n) is 3.85. The van der Waals surface area contributed by atoms with Crippen molar-refractivity contribution in [2.24, 2.45) is 0 Å². The molecular weight excluding hydrogens is 369 g/mol. The van der Waals surface area contributed by atoms with Gasteiger partial charge in [0.05, 0.1) is 0 Å². The number of esters is 1. The lowest BCUT2D eigenvalue weighted by atomic mass is 10.1. The van der Waals surface area contributed by atoms with Gasteiger partial charge < -0.3 is 14.5 Å². The standard InChI is InChI=1S/C20H18FNO4S/c1-13-16-11-14(21)7-8-17(16)26-19(13)20(24)25-12-18(23)22-9-10-27-15-5-3-2-4-6-15/h2-8,11H,9-10,12H2,1H3,(H,22,23). The number of hydrogen-bond donors (Lipinski definition) is 1. The smallest absolute Gasteiger partial charge is 0.375 e. The Morgan fingerprint density at radius 3 is 2.74 bits per heavy atom. The molecule has 0 spiro atoms. The van der Waals surface area contributed by atoms with E-state index in [1.807, 2.05) is 30.3 Å². The number of halogens is 1. The summed E-state index contributed by atoms with van der Waals surface area (Å²) in [6.07, 6.45) is 0. The van der Waals surface area contributed by atoms with Gasteiger partial charge in [-0.2, -0.15) is 0 Å². The second-order valence-electron chi connectivity index (χ2n) is 5.78. The molecule has 2 aromatic carbocycles. The van der Waals surface area contributed by atoms with Gasteiger partial charge in [0.1, 0.15) is 11.4 Å². The van der Waals surface area contributed by atoms with Crippen LogP contribution in [-0.2, 0) is 9.53 Å². The Balaban J connectivity index is 1.46. The summed E-state index contributed by atoms with van der Waals surface area (Å²) in [7, 11) is 0. The van der Waals surface area contributed by atoms with Crippen LogP contribution in [0.15, 0.2) is 57.8 Å². The van der Waals surface area contributed by atoms with Crippen molar-refractivity contribution >= 4 is 34.6 Å². The SMILES string of the molecule is Cc1c(C(=O)OCC(=O)NCCSc2ccccc2)oc2ccc(F)cc12. The van der Waals surface area contributed by atoms with Gasteiger partial charge in [-0.15, -0.1) is 11.8 Å². The van der Waals surface area contributed by atoms with E-state index in [1.54, 1.807) is 18.7 Å². The van der Waals surface area contributed by atoms with E-state index in [1.165, 1.54) is 18.2 Å². The van der Waals surface area contributed by atoms with Crippen LogP contribution in [0.2, 0.25) is 0 Å². The molecule has 0 saturated heterocycles. The first-order valence-electron chi connectivity index (χ1n) is 8.35. The molecule has 0 fully saturated rings. The first-order chi connectivity index (χ1) is 13.0. The highest BCUT2D eigenvalue weighted by Gasteiger charge is 2.20. The summed E-state index contributed by atoms with van der Waals surface area (Å²) in [5.74, 6) is -0.880. The van der Waals surface area contributed by atoms with Crippen molar-refractivity contribution in [2.75, 3.05) is 18.9 Å². The lowest BCUT2D eigenvalue weighted by molar-refractivity contribution is -0.124. The number of hydrogen-bond acceptors (Lipinski definition) is 5. The minimum atomic E-state index is -0.752. The number of amides is 1. The normalized spacial score (nSPS) is 10.7. The van der Waals surface area contributed by atoms with E-state index in [0.29, 0.717) is 28.8 Å². The monoisotopic (exact) mass is 387 g/mol. The molecule has 3 rings (SSSR count). The van der Waals surface area contributed by atoms with Crippen molar-refractivity contribution in [2.45, 2.75) is 11.8 Å². The number of nitrogens with one attached hydrogen (secondary N) is 1. The van der Waals surface area contributed by atoms with Crippen LogP contribution < -0.4 is 5.32 Å². The molecule has 0 unspecified atom stereocenters. The Kier molecular flexibility index (Phi) is 6.13. The Labute approximate surface area is 159 Å². The van der Waals surface area contributed by atoms with Crippen molar-refractivity contribution in [1.29, 1.82) is 0 Å². The zero-order valence-corrected chi connectivity index (χ0v) is 15.5. The third-order valence-corrected chi connectivity index (χ3v) is 4.87. The molecule has 3 aromatic rings. The van der Waals surface area contributed by atoms with E-state index in [9.17, 15) is 14.0 Å². The fraction of sp³-hybridized carbons (Fsp3) is 0.200. The van der Waals surface area contributed by atoms with Gasteiger partial charge in [0, 0.05) is 28.1 Å². The number of rotatable bonds is 7. The first kappa shape index (κ1) is 19.0. The lowest BCUT2D eigenvalue weighted by Gasteiger charge is -2.06. The van der Waals surface area contributed by atoms with Gasteiger partial charge in [-0.25, -0.2) is 9.18 Å². The molecule has 7 heteroatoms. The van der Waals surface area contributed by atoms with Crippen LogP contribution in [0.1, 0.15) is 16.1 Å². The topological polar surface area (TPSA) is 68.5 Å². The zero-order valence-electron chi connectivity index (χ0n) is 14.7. The highest BCUT2D eigenvalue weighted by Crippen LogP contribution is 2.26. The van der Waals surface area contributed by atoms with E-state index in [0.717, 1.165) is 4.90 Å². The van der Waals surface area contributed by atoms with E-state index in [4.69, 9.17) is 9.15 Å². The van der Waals surface area contributed by atoms with Crippen molar-refractivity contribution in [1.82, 2.24) is 5.32 Å². The van der Waals surface area contributed by atoms with E-state index in [-0.39, 0.29) is 5.76 Å². The maximum atomic E-state index is 13.3. The van der Waals surface area contributed by atoms with Crippen LogP contribution >= 0.6 is 11.8 Å². The molecule has 0 bridgehead atoms. The Hall–Kier alpha value is -2.80. The van der Waals surface area contributed by atoms with Crippen LogP contribution in [0.25, 0.3) is 11.0 Å². The highest BCUT2D eigenvalue weighted by atomic mass is 32.2. The van der Waals surface area contributed by atoms with Gasteiger partial charge in [-0.3, -0.25) is 4.79 Å². The van der Waals surface area contributed by atoms with Crippen LogP contribution in [0, 0.1) is 12.7 Å². The minimum Gasteiger partial charge on any atom is -0.450 e. The molecule has 0 aliphatic heterocycles. The van der Waals surface area contributed by atoms with E-state index in [2.05, 4.69) is 5.32 Å². The molecule has 1 aromatic heterocycles. The molecule has 0 saturated carbocycles. The molecule has 27 heavy (non-hydrogen) atoms. The molecule has 1 amide bonds. The van der Waals surface area contributed by atoms with Crippen molar-refractivity contribution in [3.63, 3.8) is 0 Å². The summed E-state index contributed by atoms with van der Waals surface area (Å²) in [5.41, 5.74) is 0.873. The second kappa shape index (κ2) is 8.73. The molecule has 140 valence electrons. The largest absolute Gasteiger partial charge is 0.450 e. The average molecular weight is 387 g/mol. The summed E-state index contributed by atoms with van der Waals surface area (Å²) in [4.78, 5) is 25.1. The Morgan fingerprint density at radius 2 is 1.96 bits per heavy atom. The maximum Gasteiger partial charge on any atom is 0.375 e. The van der Waals surface area contributed by atoms with Gasteiger partial charge in [-0.1, -0.05) is 18.2 Å². The van der Waals surface area contributed by atoms with Gasteiger partial charge in [0.25, 0.3) is 5.91 Å². The maximum absolute atomic E-state index is 13.3. The van der Waals surface area contributed by atoms with Crippen molar-refractivity contribution in [3.8, 4) is 0 Å². The number of fused-ring (bicyclic) bond motifs is 1. The fourth-order valence-corrected chi connectivity index (χ4v) is 3.30. The number of furan rings is 1. The first-order valence-corrected chi connectivity index (χ1v) is 9.33. The minimum absolute atomic E-state index is 0.0250. The quantitative estimate of drug-likeness (QED) is 0.378. The summed E-state index contributed by atoms with van der Waals surface area (Å²) in [6.45, 7) is 1.70. The summed E-state index contributed by atoms with van der Waals surface area (Å²) in [5, 5.41) is 3.20. The predicted octanol–water partition coefficient (Wildman–Crippen LogP) is 3.95. The van der Waals surface area contributed by atoms with Gasteiger partial charge >= 0.3 is 5.97 Å². The Morgan fingerprint density at radius 1 is 1.19 bits per heavy atom. The van der Waals surface area contributed by atoms with E-state index < -0.39 is 24.3 Å². The zero-order chi connectivity index (χ0) is 19.2. The predicted molar refractivity (Wildman–Crippen MR) is 101 cm³/mol.